The van der Waals surface area contributed by atoms with Gasteiger partial charge in [0.15, 0.2) is 0 Å². The van der Waals surface area contributed by atoms with Crippen LogP contribution in [0.15, 0.2) is 35.1 Å². The van der Waals surface area contributed by atoms with E-state index >= 15 is 0 Å². The summed E-state index contributed by atoms with van der Waals surface area (Å²) < 4.78 is 27.0. The number of hydrogen-bond donors (Lipinski definition) is 1. The van der Waals surface area contributed by atoms with Crippen LogP contribution >= 0.6 is 11.3 Å². The molecule has 0 saturated carbocycles. The van der Waals surface area contributed by atoms with E-state index in [0.717, 1.165) is 11.3 Å². The van der Waals surface area contributed by atoms with Crippen LogP contribution in [-0.4, -0.2) is 35.3 Å². The Kier molecular flexibility index (Phi) is 4.60. The summed E-state index contributed by atoms with van der Waals surface area (Å²) in [4.78, 5) is 17.0. The zero-order valence-electron chi connectivity index (χ0n) is 14.8. The van der Waals surface area contributed by atoms with Crippen molar-refractivity contribution < 1.29 is 8.42 Å². The number of benzene rings is 1. The highest BCUT2D eigenvalue weighted by molar-refractivity contribution is 7.93. The molecule has 3 heterocycles. The largest absolute Gasteiger partial charge is 0.356 e. The second-order valence-corrected chi connectivity index (χ2v) is 9.27. The van der Waals surface area contributed by atoms with Gasteiger partial charge in [0, 0.05) is 24.8 Å². The Balaban J connectivity index is 1.54. The first-order chi connectivity index (χ1) is 13.0. The van der Waals surface area contributed by atoms with Gasteiger partial charge in [-0.05, 0) is 30.5 Å². The second-order valence-electron chi connectivity index (χ2n) is 6.31. The van der Waals surface area contributed by atoms with Gasteiger partial charge in [0.2, 0.25) is 20.1 Å². The third kappa shape index (κ3) is 3.54. The molecule has 142 valence electrons. The van der Waals surface area contributed by atoms with Crippen LogP contribution in [0, 0.1) is 0 Å². The van der Waals surface area contributed by atoms with E-state index in [1.807, 2.05) is 25.1 Å². The minimum absolute atomic E-state index is 0.192. The minimum atomic E-state index is -3.20. The molecule has 0 unspecified atom stereocenters. The molecule has 1 saturated heterocycles. The van der Waals surface area contributed by atoms with Crippen molar-refractivity contribution >= 4 is 37.1 Å². The lowest BCUT2D eigenvalue weighted by atomic mass is 10.2. The summed E-state index contributed by atoms with van der Waals surface area (Å²) in [6.07, 6.45) is 1.34. The van der Waals surface area contributed by atoms with Gasteiger partial charge in [-0.3, -0.25) is 9.10 Å². The number of aryl methyl sites for hydroxylation is 1. The molecule has 0 atom stereocenters. The van der Waals surface area contributed by atoms with Crippen LogP contribution < -0.4 is 15.2 Å². The molecule has 1 aliphatic rings. The number of sulfonamides is 1. The zero-order valence-corrected chi connectivity index (χ0v) is 16.4. The average Bonchev–Trinajstić information content (AvgIpc) is 3.22. The molecule has 4 rings (SSSR count). The summed E-state index contributed by atoms with van der Waals surface area (Å²) in [7, 11) is -3.20. The van der Waals surface area contributed by atoms with Gasteiger partial charge < -0.3 is 5.32 Å². The minimum Gasteiger partial charge on any atom is -0.356 e. The van der Waals surface area contributed by atoms with Gasteiger partial charge in [0.05, 0.1) is 11.4 Å². The molecule has 0 spiro atoms. The maximum absolute atomic E-state index is 12.1. The van der Waals surface area contributed by atoms with Gasteiger partial charge in [-0.15, -0.1) is 5.10 Å². The number of aromatic nitrogens is 3. The first-order valence-electron chi connectivity index (χ1n) is 8.69. The molecule has 1 fully saturated rings. The first-order valence-corrected chi connectivity index (χ1v) is 11.1. The van der Waals surface area contributed by atoms with E-state index in [9.17, 15) is 13.2 Å². The molecule has 10 heteroatoms. The highest BCUT2D eigenvalue weighted by Crippen LogP contribution is 2.25. The number of nitrogens with one attached hydrogen (secondary N) is 1. The zero-order chi connectivity index (χ0) is 19.0. The van der Waals surface area contributed by atoms with Crippen molar-refractivity contribution in [2.24, 2.45) is 0 Å². The molecule has 8 nitrogen and oxygen atoms in total. The van der Waals surface area contributed by atoms with E-state index < -0.39 is 10.0 Å². The van der Waals surface area contributed by atoms with Crippen molar-refractivity contribution in [3.05, 3.63) is 51.9 Å². The highest BCUT2D eigenvalue weighted by Gasteiger charge is 2.28. The Morgan fingerprint density at radius 3 is 2.89 bits per heavy atom. The number of rotatable bonds is 5. The maximum atomic E-state index is 12.1. The van der Waals surface area contributed by atoms with Gasteiger partial charge in [0.1, 0.15) is 0 Å². The smallest absolute Gasteiger partial charge is 0.275 e. The maximum Gasteiger partial charge on any atom is 0.275 e. The molecular formula is C17H19N5O3S2. The lowest BCUT2D eigenvalue weighted by Gasteiger charge is -2.17. The van der Waals surface area contributed by atoms with Crippen LogP contribution in [0.5, 0.6) is 0 Å². The fourth-order valence-corrected chi connectivity index (χ4v) is 5.41. The molecular weight excluding hydrogens is 386 g/mol. The summed E-state index contributed by atoms with van der Waals surface area (Å²) in [6, 6.07) is 8.93. The van der Waals surface area contributed by atoms with Crippen LogP contribution in [0.4, 0.5) is 10.8 Å². The number of hydrogen-bond acceptors (Lipinski definition) is 7. The van der Waals surface area contributed by atoms with Crippen molar-refractivity contribution in [1.82, 2.24) is 14.6 Å². The fraction of sp³-hybridized carbons (Fsp3) is 0.353. The Bertz CT molecular complexity index is 1150. The predicted octanol–water partition coefficient (Wildman–Crippen LogP) is 1.87. The van der Waals surface area contributed by atoms with Gasteiger partial charge in [0.25, 0.3) is 5.56 Å². The molecule has 0 aliphatic carbocycles. The predicted molar refractivity (Wildman–Crippen MR) is 106 cm³/mol. The van der Waals surface area contributed by atoms with Crippen LogP contribution in [0.2, 0.25) is 0 Å². The number of anilines is 2. The van der Waals surface area contributed by atoms with Crippen LogP contribution in [-0.2, 0) is 23.0 Å². The molecule has 1 aliphatic heterocycles. The Morgan fingerprint density at radius 1 is 1.30 bits per heavy atom. The van der Waals surface area contributed by atoms with Crippen molar-refractivity contribution in [2.45, 2.75) is 26.3 Å². The third-order valence-electron chi connectivity index (χ3n) is 4.40. The molecule has 2 aromatic heterocycles. The Hall–Kier alpha value is -2.46. The molecule has 3 aromatic rings. The van der Waals surface area contributed by atoms with E-state index in [2.05, 4.69) is 15.4 Å². The highest BCUT2D eigenvalue weighted by atomic mass is 32.2. The lowest BCUT2D eigenvalue weighted by molar-refractivity contribution is 0.599. The number of nitrogens with zero attached hydrogens (tertiary/aromatic N) is 4. The quantitative estimate of drug-likeness (QED) is 0.696. The van der Waals surface area contributed by atoms with E-state index in [1.54, 1.807) is 6.07 Å². The molecule has 1 aromatic carbocycles. The summed E-state index contributed by atoms with van der Waals surface area (Å²) in [5, 5.41) is 8.05. The van der Waals surface area contributed by atoms with E-state index in [-0.39, 0.29) is 11.3 Å². The van der Waals surface area contributed by atoms with Crippen LogP contribution in [0.25, 0.3) is 4.96 Å². The summed E-state index contributed by atoms with van der Waals surface area (Å²) in [5.74, 6) is 0.197. The van der Waals surface area contributed by atoms with Gasteiger partial charge >= 0.3 is 0 Å². The molecule has 1 N–H and O–H groups in total. The average molecular weight is 406 g/mol. The van der Waals surface area contributed by atoms with Crippen molar-refractivity contribution in [2.75, 3.05) is 21.9 Å². The summed E-state index contributed by atoms with van der Waals surface area (Å²) in [5.41, 5.74) is 2.17. The first kappa shape index (κ1) is 17.9. The lowest BCUT2D eigenvalue weighted by Crippen LogP contribution is -2.25. The Labute approximate surface area is 160 Å². The third-order valence-corrected chi connectivity index (χ3v) is 7.14. The van der Waals surface area contributed by atoms with Gasteiger partial charge in [-0.25, -0.2) is 13.4 Å². The monoisotopic (exact) mass is 405 g/mol. The van der Waals surface area contributed by atoms with Crippen molar-refractivity contribution in [1.29, 1.82) is 0 Å². The molecule has 0 amide bonds. The van der Waals surface area contributed by atoms with Gasteiger partial charge in [-0.1, -0.05) is 30.4 Å². The number of fused-ring (bicyclic) bond motifs is 1. The topological polar surface area (TPSA) is 96.7 Å². The van der Waals surface area contributed by atoms with Crippen molar-refractivity contribution in [3.63, 3.8) is 0 Å². The fourth-order valence-electron chi connectivity index (χ4n) is 3.04. The van der Waals surface area contributed by atoms with E-state index in [1.165, 1.54) is 26.2 Å². The van der Waals surface area contributed by atoms with Crippen molar-refractivity contribution in [3.8, 4) is 0 Å². The van der Waals surface area contributed by atoms with Crippen LogP contribution in [0.1, 0.15) is 24.6 Å². The normalized spacial score (nSPS) is 16.1. The standard InChI is InChI=1S/C17H19N5O3S2/c1-2-13-10-15(23)22-17(19-13)26-16(20-22)18-11-12-5-3-6-14(9-12)21-7-4-8-27(21,24)25/h3,5-6,9-10H,2,4,7-8,11H2,1H3,(H,18,20). The van der Waals surface area contributed by atoms with Gasteiger partial charge in [-0.2, -0.15) is 4.52 Å². The second kappa shape index (κ2) is 6.93. The van der Waals surface area contributed by atoms with E-state index in [4.69, 9.17) is 0 Å². The SMILES string of the molecule is CCc1cc(=O)n2nc(NCc3cccc(N4CCCS4(=O)=O)c3)sc2n1. The van der Waals surface area contributed by atoms with E-state index in [0.29, 0.717) is 41.7 Å². The Morgan fingerprint density at radius 2 is 2.15 bits per heavy atom. The summed E-state index contributed by atoms with van der Waals surface area (Å²) >= 11 is 1.31. The molecule has 0 bridgehead atoms. The molecule has 27 heavy (non-hydrogen) atoms. The molecule has 0 radical (unpaired) electrons. The summed E-state index contributed by atoms with van der Waals surface area (Å²) in [6.45, 7) is 2.94. The van der Waals surface area contributed by atoms with Crippen LogP contribution in [0.3, 0.4) is 0 Å².